The van der Waals surface area contributed by atoms with Crippen molar-refractivity contribution >= 4 is 52.9 Å². The predicted molar refractivity (Wildman–Crippen MR) is 85.5 cm³/mol. The van der Waals surface area contributed by atoms with Crippen molar-refractivity contribution in [2.24, 2.45) is 10.7 Å². The Hall–Kier alpha value is -0.0100. The Balaban J connectivity index is 0.00000144. The first-order valence-electron chi connectivity index (χ1n) is 5.55. The summed E-state index contributed by atoms with van der Waals surface area (Å²) in [4.78, 5) is 5.45. The molecule has 6 heteroatoms. The van der Waals surface area contributed by atoms with E-state index in [-0.39, 0.29) is 24.0 Å². The van der Waals surface area contributed by atoms with E-state index in [9.17, 15) is 0 Å². The molecule has 1 heterocycles. The molecular weight excluding hydrogens is 369 g/mol. The molecule has 1 aromatic heterocycles. The first kappa shape index (κ1) is 15.0. The van der Waals surface area contributed by atoms with Gasteiger partial charge in [0, 0.05) is 10.9 Å². The molecule has 0 saturated heterocycles. The maximum atomic E-state index is 5.84. The number of rotatable bonds is 3. The molecule has 0 bridgehead atoms. The van der Waals surface area contributed by atoms with E-state index in [0.717, 1.165) is 9.21 Å². The first-order chi connectivity index (χ1) is 7.74. The van der Waals surface area contributed by atoms with Crippen LogP contribution >= 0.6 is 46.9 Å². The molecule has 2 rings (SSSR count). The fourth-order valence-electron chi connectivity index (χ4n) is 1.92. The molecule has 1 fully saturated rings. The molecule has 0 aliphatic heterocycles. The van der Waals surface area contributed by atoms with Crippen LogP contribution < -0.4 is 11.1 Å². The lowest BCUT2D eigenvalue weighted by atomic mass is 10.2. The quantitative estimate of drug-likeness (QED) is 0.476. The fraction of sp³-hybridized carbons (Fsp3) is 0.545. The first-order valence-corrected chi connectivity index (χ1v) is 6.74. The van der Waals surface area contributed by atoms with Crippen molar-refractivity contribution in [1.29, 1.82) is 0 Å². The number of hydrogen-bond donors (Lipinski definition) is 2. The summed E-state index contributed by atoms with van der Waals surface area (Å²) in [6.45, 7) is 0.614. The highest BCUT2D eigenvalue weighted by atomic mass is 127. The van der Waals surface area contributed by atoms with E-state index in [4.69, 9.17) is 17.3 Å². The summed E-state index contributed by atoms with van der Waals surface area (Å²) in [5.41, 5.74) is 5.82. The molecule has 0 atom stereocenters. The molecule has 0 spiro atoms. The SMILES string of the molecule is I.NC(=NCc1ccc(Cl)s1)NC1CCCC1. The number of guanidine groups is 1. The lowest BCUT2D eigenvalue weighted by Crippen LogP contribution is -2.38. The second-order valence-electron chi connectivity index (χ2n) is 4.03. The molecule has 0 aromatic carbocycles. The Morgan fingerprint density at radius 3 is 2.76 bits per heavy atom. The van der Waals surface area contributed by atoms with Crippen molar-refractivity contribution in [3.05, 3.63) is 21.3 Å². The summed E-state index contributed by atoms with van der Waals surface area (Å²) in [5.74, 6) is 0.552. The summed E-state index contributed by atoms with van der Waals surface area (Å²) in [5, 5.41) is 3.26. The van der Waals surface area contributed by atoms with Crippen molar-refractivity contribution in [2.75, 3.05) is 0 Å². The number of aliphatic imine (C=N–C) groups is 1. The Bertz CT molecular complexity index is 375. The molecule has 1 aliphatic rings. The molecule has 1 saturated carbocycles. The minimum absolute atomic E-state index is 0. The van der Waals surface area contributed by atoms with E-state index in [1.54, 1.807) is 11.3 Å². The van der Waals surface area contributed by atoms with Crippen LogP contribution in [0.5, 0.6) is 0 Å². The van der Waals surface area contributed by atoms with Gasteiger partial charge in [0.15, 0.2) is 5.96 Å². The van der Waals surface area contributed by atoms with E-state index in [1.807, 2.05) is 12.1 Å². The van der Waals surface area contributed by atoms with Gasteiger partial charge in [-0.1, -0.05) is 24.4 Å². The van der Waals surface area contributed by atoms with Crippen molar-refractivity contribution in [3.63, 3.8) is 0 Å². The van der Waals surface area contributed by atoms with Crippen LogP contribution in [0.25, 0.3) is 0 Å². The van der Waals surface area contributed by atoms with E-state index in [1.165, 1.54) is 25.7 Å². The predicted octanol–water partition coefficient (Wildman–Crippen LogP) is 3.37. The van der Waals surface area contributed by atoms with Crippen LogP contribution in [0.4, 0.5) is 0 Å². The minimum atomic E-state index is 0. The molecule has 0 radical (unpaired) electrons. The van der Waals surface area contributed by atoms with Gasteiger partial charge < -0.3 is 11.1 Å². The van der Waals surface area contributed by atoms with Crippen LogP contribution in [0.2, 0.25) is 4.34 Å². The molecule has 3 nitrogen and oxygen atoms in total. The molecule has 17 heavy (non-hydrogen) atoms. The molecule has 1 aliphatic carbocycles. The van der Waals surface area contributed by atoms with Gasteiger partial charge in [-0.25, -0.2) is 4.99 Å². The van der Waals surface area contributed by atoms with Crippen LogP contribution in [0.15, 0.2) is 17.1 Å². The standard InChI is InChI=1S/C11H16ClN3S.HI/c12-10-6-5-9(16-10)7-14-11(13)15-8-3-1-2-4-8;/h5-6,8H,1-4,7H2,(H3,13,14,15);1H. The Morgan fingerprint density at radius 2 is 2.18 bits per heavy atom. The average molecular weight is 386 g/mol. The summed E-state index contributed by atoms with van der Waals surface area (Å²) < 4.78 is 0.799. The van der Waals surface area contributed by atoms with Crippen LogP contribution in [-0.2, 0) is 6.54 Å². The number of nitrogens with one attached hydrogen (secondary N) is 1. The third-order valence-electron chi connectivity index (χ3n) is 2.74. The van der Waals surface area contributed by atoms with Gasteiger partial charge >= 0.3 is 0 Å². The average Bonchev–Trinajstić information content (AvgIpc) is 2.87. The molecule has 0 amide bonds. The number of nitrogens with two attached hydrogens (primary N) is 1. The van der Waals surface area contributed by atoms with Crippen LogP contribution in [0, 0.1) is 0 Å². The van der Waals surface area contributed by atoms with Gasteiger partial charge in [0.1, 0.15) is 0 Å². The van der Waals surface area contributed by atoms with Gasteiger partial charge in [-0.2, -0.15) is 0 Å². The minimum Gasteiger partial charge on any atom is -0.370 e. The largest absolute Gasteiger partial charge is 0.370 e. The lowest BCUT2D eigenvalue weighted by Gasteiger charge is -2.11. The smallest absolute Gasteiger partial charge is 0.189 e. The van der Waals surface area contributed by atoms with E-state index in [2.05, 4.69) is 10.3 Å². The molecule has 96 valence electrons. The van der Waals surface area contributed by atoms with Gasteiger partial charge in [0.2, 0.25) is 0 Å². The summed E-state index contributed by atoms with van der Waals surface area (Å²) >= 11 is 7.38. The summed E-state index contributed by atoms with van der Waals surface area (Å²) in [6.07, 6.45) is 5.01. The van der Waals surface area contributed by atoms with E-state index < -0.39 is 0 Å². The Morgan fingerprint density at radius 1 is 1.47 bits per heavy atom. The van der Waals surface area contributed by atoms with Crippen molar-refractivity contribution in [1.82, 2.24) is 5.32 Å². The molecular formula is C11H17ClIN3S. The Kier molecular flexibility index (Phi) is 6.58. The maximum absolute atomic E-state index is 5.84. The van der Waals surface area contributed by atoms with E-state index >= 15 is 0 Å². The third-order valence-corrected chi connectivity index (χ3v) is 3.96. The monoisotopic (exact) mass is 385 g/mol. The maximum Gasteiger partial charge on any atom is 0.189 e. The third kappa shape index (κ3) is 5.01. The second-order valence-corrected chi connectivity index (χ2v) is 5.83. The highest BCUT2D eigenvalue weighted by Crippen LogP contribution is 2.22. The van der Waals surface area contributed by atoms with Crippen molar-refractivity contribution in [2.45, 2.75) is 38.3 Å². The number of thiophene rings is 1. The highest BCUT2D eigenvalue weighted by molar-refractivity contribution is 14.0. The normalized spacial score (nSPS) is 16.9. The molecule has 0 unspecified atom stereocenters. The zero-order valence-corrected chi connectivity index (χ0v) is 13.4. The van der Waals surface area contributed by atoms with Crippen LogP contribution in [0.1, 0.15) is 30.6 Å². The highest BCUT2D eigenvalue weighted by Gasteiger charge is 2.14. The van der Waals surface area contributed by atoms with Crippen LogP contribution in [0.3, 0.4) is 0 Å². The van der Waals surface area contributed by atoms with Crippen molar-refractivity contribution in [3.8, 4) is 0 Å². The van der Waals surface area contributed by atoms with Crippen molar-refractivity contribution < 1.29 is 0 Å². The molecule has 1 aromatic rings. The summed E-state index contributed by atoms with van der Waals surface area (Å²) in [7, 11) is 0. The zero-order valence-electron chi connectivity index (χ0n) is 9.49. The van der Waals surface area contributed by atoms with E-state index in [0.29, 0.717) is 18.5 Å². The van der Waals surface area contributed by atoms with Gasteiger partial charge in [-0.15, -0.1) is 35.3 Å². The number of hydrogen-bond acceptors (Lipinski definition) is 2. The second kappa shape index (κ2) is 7.43. The Labute approximate surface area is 128 Å². The van der Waals surface area contributed by atoms with Gasteiger partial charge in [-0.05, 0) is 25.0 Å². The zero-order chi connectivity index (χ0) is 11.4. The van der Waals surface area contributed by atoms with Gasteiger partial charge in [0.05, 0.1) is 10.9 Å². The molecule has 3 N–H and O–H groups in total. The van der Waals surface area contributed by atoms with Gasteiger partial charge in [-0.3, -0.25) is 0 Å². The fourth-order valence-corrected chi connectivity index (χ4v) is 2.94. The van der Waals surface area contributed by atoms with Gasteiger partial charge in [0.25, 0.3) is 0 Å². The summed E-state index contributed by atoms with van der Waals surface area (Å²) in [6, 6.07) is 4.40. The lowest BCUT2D eigenvalue weighted by molar-refractivity contribution is 0.625. The number of nitrogens with zero attached hydrogens (tertiary/aromatic N) is 1. The number of halogens is 2. The topological polar surface area (TPSA) is 50.4 Å². The van der Waals surface area contributed by atoms with Crippen LogP contribution in [-0.4, -0.2) is 12.0 Å².